The van der Waals surface area contributed by atoms with Crippen LogP contribution in [0.3, 0.4) is 0 Å². The highest BCUT2D eigenvalue weighted by atomic mass is 32.1. The van der Waals surface area contributed by atoms with Gasteiger partial charge in [-0.3, -0.25) is 4.79 Å². The molecule has 2 N–H and O–H groups in total. The van der Waals surface area contributed by atoms with Crippen LogP contribution in [0.4, 0.5) is 5.69 Å². The number of hydrogen-bond acceptors (Lipinski definition) is 3. The molecule has 5 nitrogen and oxygen atoms in total. The van der Waals surface area contributed by atoms with Gasteiger partial charge in [0.25, 0.3) is 5.91 Å². The number of carbonyl (C=O) groups is 1. The molecular formula is C15H19N3O2S. The fourth-order valence-corrected chi connectivity index (χ4v) is 2.24. The van der Waals surface area contributed by atoms with Crippen molar-refractivity contribution < 1.29 is 9.53 Å². The number of ether oxygens (including phenoxy) is 1. The summed E-state index contributed by atoms with van der Waals surface area (Å²) in [5.74, 6) is -0.00655. The number of hydrogen-bond donors (Lipinski definition) is 2. The van der Waals surface area contributed by atoms with Gasteiger partial charge in [-0.15, -0.1) is 6.58 Å². The highest BCUT2D eigenvalue weighted by Gasteiger charge is 2.20. The lowest BCUT2D eigenvalue weighted by Crippen LogP contribution is -2.41. The van der Waals surface area contributed by atoms with Gasteiger partial charge in [-0.05, 0) is 24.4 Å². The predicted octanol–water partition coefficient (Wildman–Crippen LogP) is 1.63. The molecule has 0 unspecified atom stereocenters. The molecule has 1 aliphatic rings. The van der Waals surface area contributed by atoms with Gasteiger partial charge in [-0.1, -0.05) is 18.2 Å². The first-order valence-electron chi connectivity index (χ1n) is 6.84. The Morgan fingerprint density at radius 2 is 2.10 bits per heavy atom. The Hall–Kier alpha value is -1.92. The van der Waals surface area contributed by atoms with E-state index in [9.17, 15) is 4.79 Å². The number of morpholine rings is 1. The van der Waals surface area contributed by atoms with Crippen molar-refractivity contribution in [3.63, 3.8) is 0 Å². The molecule has 2 rings (SSSR count). The summed E-state index contributed by atoms with van der Waals surface area (Å²) in [5.41, 5.74) is 1.32. The molecule has 21 heavy (non-hydrogen) atoms. The largest absolute Gasteiger partial charge is 0.378 e. The zero-order valence-corrected chi connectivity index (χ0v) is 12.6. The third kappa shape index (κ3) is 4.27. The minimum Gasteiger partial charge on any atom is -0.378 e. The molecule has 1 heterocycles. The quantitative estimate of drug-likeness (QED) is 0.654. The maximum atomic E-state index is 12.6. The summed E-state index contributed by atoms with van der Waals surface area (Å²) in [4.78, 5) is 14.4. The Kier molecular flexibility index (Phi) is 5.71. The zero-order chi connectivity index (χ0) is 15.1. The van der Waals surface area contributed by atoms with E-state index in [-0.39, 0.29) is 5.91 Å². The topological polar surface area (TPSA) is 53.6 Å². The summed E-state index contributed by atoms with van der Waals surface area (Å²) in [6, 6.07) is 7.36. The van der Waals surface area contributed by atoms with Gasteiger partial charge in [-0.2, -0.15) is 0 Å². The van der Waals surface area contributed by atoms with Gasteiger partial charge >= 0.3 is 0 Å². The molecule has 1 fully saturated rings. The number of nitrogens with one attached hydrogen (secondary N) is 2. The van der Waals surface area contributed by atoms with E-state index in [0.717, 1.165) is 0 Å². The number of thiocarbonyl (C=S) groups is 1. The number of benzene rings is 1. The highest BCUT2D eigenvalue weighted by Crippen LogP contribution is 2.18. The van der Waals surface area contributed by atoms with Gasteiger partial charge in [0, 0.05) is 19.6 Å². The summed E-state index contributed by atoms with van der Waals surface area (Å²) in [5, 5.41) is 6.51. The van der Waals surface area contributed by atoms with Crippen molar-refractivity contribution in [3.05, 3.63) is 42.5 Å². The van der Waals surface area contributed by atoms with Crippen LogP contribution in [0, 0.1) is 0 Å². The normalized spacial score (nSPS) is 14.4. The number of carbonyl (C=O) groups excluding carboxylic acids is 1. The third-order valence-electron chi connectivity index (χ3n) is 3.11. The zero-order valence-electron chi connectivity index (χ0n) is 11.8. The van der Waals surface area contributed by atoms with Crippen LogP contribution in [0.2, 0.25) is 0 Å². The Morgan fingerprint density at radius 3 is 2.81 bits per heavy atom. The maximum Gasteiger partial charge on any atom is 0.256 e. The average molecular weight is 305 g/mol. The summed E-state index contributed by atoms with van der Waals surface area (Å²) in [6.45, 7) is 6.60. The van der Waals surface area contributed by atoms with Gasteiger partial charge in [0.05, 0.1) is 24.5 Å². The molecule has 112 valence electrons. The predicted molar refractivity (Wildman–Crippen MR) is 87.6 cm³/mol. The number of amides is 1. The molecule has 0 aromatic heterocycles. The molecule has 0 bridgehead atoms. The van der Waals surface area contributed by atoms with Gasteiger partial charge < -0.3 is 20.3 Å². The van der Waals surface area contributed by atoms with Crippen LogP contribution in [0.5, 0.6) is 0 Å². The Balaban J connectivity index is 2.10. The molecular weight excluding hydrogens is 286 g/mol. The van der Waals surface area contributed by atoms with E-state index in [0.29, 0.717) is 49.2 Å². The van der Waals surface area contributed by atoms with E-state index in [1.807, 2.05) is 18.2 Å². The second-order valence-electron chi connectivity index (χ2n) is 4.57. The number of rotatable bonds is 4. The van der Waals surface area contributed by atoms with Crippen molar-refractivity contribution in [1.82, 2.24) is 10.2 Å². The Labute approximate surface area is 130 Å². The molecule has 1 saturated heterocycles. The Bertz CT molecular complexity index is 527. The molecule has 1 aromatic carbocycles. The van der Waals surface area contributed by atoms with Crippen molar-refractivity contribution in [3.8, 4) is 0 Å². The third-order valence-corrected chi connectivity index (χ3v) is 3.36. The van der Waals surface area contributed by atoms with Gasteiger partial charge in [0.15, 0.2) is 5.11 Å². The minimum absolute atomic E-state index is 0.00655. The van der Waals surface area contributed by atoms with Crippen LogP contribution in [0.1, 0.15) is 10.4 Å². The minimum atomic E-state index is -0.00655. The SMILES string of the molecule is C=CCNC(=S)Nc1ccccc1C(=O)N1CCOCC1. The second-order valence-corrected chi connectivity index (χ2v) is 4.98. The smallest absolute Gasteiger partial charge is 0.256 e. The number of para-hydroxylation sites is 1. The molecule has 0 aliphatic carbocycles. The van der Waals surface area contributed by atoms with Crippen molar-refractivity contribution in [1.29, 1.82) is 0 Å². The van der Waals surface area contributed by atoms with Crippen LogP contribution in [-0.4, -0.2) is 48.8 Å². The van der Waals surface area contributed by atoms with Crippen molar-refractivity contribution in [2.24, 2.45) is 0 Å². The lowest BCUT2D eigenvalue weighted by Gasteiger charge is -2.27. The van der Waals surface area contributed by atoms with Crippen LogP contribution >= 0.6 is 12.2 Å². The van der Waals surface area contributed by atoms with E-state index in [1.165, 1.54) is 0 Å². The van der Waals surface area contributed by atoms with Crippen molar-refractivity contribution in [2.75, 3.05) is 38.2 Å². The van der Waals surface area contributed by atoms with Crippen LogP contribution in [0.15, 0.2) is 36.9 Å². The number of anilines is 1. The van der Waals surface area contributed by atoms with E-state index in [4.69, 9.17) is 17.0 Å². The van der Waals surface area contributed by atoms with Gasteiger partial charge in [0.2, 0.25) is 0 Å². The molecule has 0 atom stereocenters. The Morgan fingerprint density at radius 1 is 1.38 bits per heavy atom. The van der Waals surface area contributed by atoms with E-state index in [2.05, 4.69) is 17.2 Å². The fraction of sp³-hybridized carbons (Fsp3) is 0.333. The fourth-order valence-electron chi connectivity index (χ4n) is 2.05. The lowest BCUT2D eigenvalue weighted by atomic mass is 10.1. The summed E-state index contributed by atoms with van der Waals surface area (Å²) in [7, 11) is 0. The first-order chi connectivity index (χ1) is 10.2. The van der Waals surface area contributed by atoms with Crippen molar-refractivity contribution >= 4 is 28.9 Å². The summed E-state index contributed by atoms with van der Waals surface area (Å²) < 4.78 is 5.28. The van der Waals surface area contributed by atoms with Crippen LogP contribution in [0.25, 0.3) is 0 Å². The highest BCUT2D eigenvalue weighted by molar-refractivity contribution is 7.80. The first kappa shape index (κ1) is 15.5. The first-order valence-corrected chi connectivity index (χ1v) is 7.25. The summed E-state index contributed by atoms with van der Waals surface area (Å²) in [6.07, 6.45) is 1.72. The molecule has 0 radical (unpaired) electrons. The second kappa shape index (κ2) is 7.75. The maximum absolute atomic E-state index is 12.6. The molecule has 0 saturated carbocycles. The molecule has 0 spiro atoms. The van der Waals surface area contributed by atoms with E-state index >= 15 is 0 Å². The van der Waals surface area contributed by atoms with Gasteiger partial charge in [-0.25, -0.2) is 0 Å². The molecule has 6 heteroatoms. The average Bonchev–Trinajstić information content (AvgIpc) is 2.53. The van der Waals surface area contributed by atoms with E-state index in [1.54, 1.807) is 17.0 Å². The molecule has 1 aliphatic heterocycles. The van der Waals surface area contributed by atoms with E-state index < -0.39 is 0 Å². The van der Waals surface area contributed by atoms with Gasteiger partial charge in [0.1, 0.15) is 0 Å². The lowest BCUT2D eigenvalue weighted by molar-refractivity contribution is 0.0303. The number of nitrogens with zero attached hydrogens (tertiary/aromatic N) is 1. The monoisotopic (exact) mass is 305 g/mol. The van der Waals surface area contributed by atoms with Crippen LogP contribution in [-0.2, 0) is 4.74 Å². The summed E-state index contributed by atoms with van der Waals surface area (Å²) >= 11 is 5.19. The van der Waals surface area contributed by atoms with Crippen molar-refractivity contribution in [2.45, 2.75) is 0 Å². The van der Waals surface area contributed by atoms with Crippen LogP contribution < -0.4 is 10.6 Å². The molecule has 1 amide bonds. The molecule has 1 aromatic rings. The standard InChI is InChI=1S/C15H19N3O2S/c1-2-7-16-15(21)17-13-6-4-3-5-12(13)14(19)18-8-10-20-11-9-18/h2-6H,1,7-11H2,(H2,16,17,21).